The first-order valence-electron chi connectivity index (χ1n) is 4.11. The van der Waals surface area contributed by atoms with Gasteiger partial charge < -0.3 is 0 Å². The van der Waals surface area contributed by atoms with Crippen LogP contribution in [0.5, 0.6) is 0 Å². The predicted molar refractivity (Wildman–Crippen MR) is 48.6 cm³/mol. The number of aromatic carboxylic acids is 1. The minimum atomic E-state index is -0.946. The van der Waals surface area contributed by atoms with E-state index in [1.165, 1.54) is 0 Å². The van der Waals surface area contributed by atoms with Crippen molar-refractivity contribution in [2.24, 2.45) is 0 Å². The van der Waals surface area contributed by atoms with Crippen LogP contribution < -0.4 is 4.35 Å². The van der Waals surface area contributed by atoms with Crippen molar-refractivity contribution in [3.8, 4) is 0 Å². The number of carboxylic acids is 1. The normalized spacial score (nSPS) is 15.8. The van der Waals surface area contributed by atoms with Crippen molar-refractivity contribution in [3.63, 3.8) is 0 Å². The van der Waals surface area contributed by atoms with Gasteiger partial charge in [-0.3, -0.25) is 0 Å². The van der Waals surface area contributed by atoms with Crippen LogP contribution in [-0.2, 0) is 0 Å². The summed E-state index contributed by atoms with van der Waals surface area (Å²) in [7, 11) is 0. The molecule has 1 saturated carbocycles. The van der Waals surface area contributed by atoms with Crippen LogP contribution in [0.1, 0.15) is 34.9 Å². The summed E-state index contributed by atoms with van der Waals surface area (Å²) in [4.78, 5) is 14.9. The minimum absolute atomic E-state index is 0.171. The Bertz CT molecular complexity index is 361. The zero-order valence-corrected chi connectivity index (χ0v) is 8.77. The number of hydrogen-bond donors (Lipinski definition) is 1. The van der Waals surface area contributed by atoms with Crippen LogP contribution in [-0.4, -0.2) is 32.9 Å². The molecule has 2 rings (SSSR count). The monoisotopic (exact) mass is 237 g/mol. The van der Waals surface area contributed by atoms with Gasteiger partial charge in [-0.2, -0.15) is 0 Å². The first-order chi connectivity index (χ1) is 6.18. The molecule has 1 aliphatic rings. The summed E-state index contributed by atoms with van der Waals surface area (Å²) >= 11 is 2.23. The molecule has 0 bridgehead atoms. The molecular weight excluding hydrogens is 229 g/mol. The summed E-state index contributed by atoms with van der Waals surface area (Å²) < 4.78 is 0.671. The van der Waals surface area contributed by atoms with Crippen molar-refractivity contribution in [1.29, 1.82) is 0 Å². The second-order valence-corrected chi connectivity index (χ2v) is 4.19. The fourth-order valence-corrected chi connectivity index (χ4v) is 1.69. The average Bonchev–Trinajstić information content (AvgIpc) is 2.87. The van der Waals surface area contributed by atoms with Gasteiger partial charge in [0.25, 0.3) is 0 Å². The third-order valence-corrected chi connectivity index (χ3v) is 2.85. The number of carboxylic acid groups (broad SMARTS) is 1. The molecule has 0 atom stereocenters. The molecule has 0 spiro atoms. The van der Waals surface area contributed by atoms with Crippen molar-refractivity contribution >= 4 is 27.2 Å². The Morgan fingerprint density at radius 2 is 2.23 bits per heavy atom. The van der Waals surface area contributed by atoms with Crippen LogP contribution >= 0.6 is 0 Å². The fraction of sp³-hybridized carbons (Fsp3) is 0.333. The molecule has 0 aromatic carbocycles. The molecule has 1 N–H and O–H groups in total. The van der Waals surface area contributed by atoms with E-state index < -0.39 is 5.97 Å². The predicted octanol–water partition coefficient (Wildman–Crippen LogP) is 0.451. The second kappa shape index (κ2) is 3.15. The Labute approximate surface area is 84.7 Å². The number of rotatable bonds is 2. The Kier molecular flexibility index (Phi) is 2.12. The molecular formula is C9H8AsNO2. The van der Waals surface area contributed by atoms with Gasteiger partial charge in [-0.1, -0.05) is 0 Å². The van der Waals surface area contributed by atoms with Crippen molar-refractivity contribution in [2.45, 2.75) is 18.8 Å². The summed E-state index contributed by atoms with van der Waals surface area (Å²) in [6, 6.07) is 3.72. The number of carbonyl (C=O) groups is 1. The van der Waals surface area contributed by atoms with Crippen LogP contribution in [0.3, 0.4) is 0 Å². The maximum absolute atomic E-state index is 10.7. The van der Waals surface area contributed by atoms with E-state index >= 15 is 0 Å². The number of nitrogens with zero attached hydrogens (tertiary/aromatic N) is 1. The molecule has 3 nitrogen and oxygen atoms in total. The third kappa shape index (κ3) is 1.75. The van der Waals surface area contributed by atoms with Gasteiger partial charge in [-0.05, 0) is 0 Å². The Hall–Kier alpha value is -0.822. The molecule has 66 valence electrons. The zero-order chi connectivity index (χ0) is 9.42. The first kappa shape index (κ1) is 8.76. The topological polar surface area (TPSA) is 50.2 Å². The molecule has 0 aliphatic heterocycles. The van der Waals surface area contributed by atoms with E-state index in [1.807, 2.05) is 12.1 Å². The van der Waals surface area contributed by atoms with Gasteiger partial charge in [-0.25, -0.2) is 0 Å². The summed E-state index contributed by atoms with van der Waals surface area (Å²) in [5.74, 6) is -0.440. The zero-order valence-electron chi connectivity index (χ0n) is 6.90. The van der Waals surface area contributed by atoms with E-state index in [4.69, 9.17) is 5.11 Å². The van der Waals surface area contributed by atoms with Gasteiger partial charge in [0.1, 0.15) is 0 Å². The van der Waals surface area contributed by atoms with E-state index in [2.05, 4.69) is 21.8 Å². The molecule has 13 heavy (non-hydrogen) atoms. The molecule has 0 amide bonds. The molecule has 2 radical (unpaired) electrons. The van der Waals surface area contributed by atoms with Crippen molar-refractivity contribution < 1.29 is 9.90 Å². The van der Waals surface area contributed by atoms with Gasteiger partial charge >= 0.3 is 84.3 Å². The quantitative estimate of drug-likeness (QED) is 0.760. The van der Waals surface area contributed by atoms with Crippen LogP contribution in [0, 0.1) is 0 Å². The summed E-state index contributed by atoms with van der Waals surface area (Å²) in [5.41, 5.74) is 1.09. The fourth-order valence-electron chi connectivity index (χ4n) is 1.23. The van der Waals surface area contributed by atoms with E-state index in [1.54, 1.807) is 0 Å². The standard InChI is InChI=1S/C9H8AsNO2/c10-6-3-4-7(5-1-2-5)11-8(6)9(12)13/h3-5H,1-2H2,(H,12,13). The van der Waals surface area contributed by atoms with Crippen molar-refractivity contribution in [1.82, 2.24) is 4.98 Å². The van der Waals surface area contributed by atoms with Gasteiger partial charge in [0.05, 0.1) is 0 Å². The molecule has 4 heteroatoms. The van der Waals surface area contributed by atoms with Crippen molar-refractivity contribution in [3.05, 3.63) is 23.5 Å². The number of pyridine rings is 1. The van der Waals surface area contributed by atoms with Crippen molar-refractivity contribution in [2.75, 3.05) is 0 Å². The van der Waals surface area contributed by atoms with E-state index in [0.29, 0.717) is 10.3 Å². The first-order valence-corrected chi connectivity index (χ1v) is 5.05. The summed E-state index contributed by atoms with van der Waals surface area (Å²) in [6.45, 7) is 0. The van der Waals surface area contributed by atoms with Gasteiger partial charge in [-0.15, -0.1) is 0 Å². The van der Waals surface area contributed by atoms with Crippen LogP contribution in [0.2, 0.25) is 0 Å². The van der Waals surface area contributed by atoms with E-state index in [0.717, 1.165) is 18.5 Å². The Morgan fingerprint density at radius 3 is 2.77 bits per heavy atom. The molecule has 1 aromatic rings. The molecule has 1 fully saturated rings. The number of aromatic nitrogens is 1. The van der Waals surface area contributed by atoms with E-state index in [9.17, 15) is 4.79 Å². The Balaban J connectivity index is 2.41. The van der Waals surface area contributed by atoms with Gasteiger partial charge in [0.15, 0.2) is 0 Å². The molecule has 1 heterocycles. The molecule has 0 unspecified atom stereocenters. The second-order valence-electron chi connectivity index (χ2n) is 3.18. The third-order valence-electron chi connectivity index (χ3n) is 2.09. The summed E-state index contributed by atoms with van der Waals surface area (Å²) in [5, 5.41) is 8.82. The van der Waals surface area contributed by atoms with Crippen LogP contribution in [0.4, 0.5) is 0 Å². The van der Waals surface area contributed by atoms with E-state index in [-0.39, 0.29) is 5.69 Å². The van der Waals surface area contributed by atoms with Crippen LogP contribution in [0.15, 0.2) is 12.1 Å². The maximum atomic E-state index is 10.7. The number of hydrogen-bond acceptors (Lipinski definition) is 2. The summed E-state index contributed by atoms with van der Waals surface area (Å²) in [6.07, 6.45) is 2.29. The van der Waals surface area contributed by atoms with Crippen LogP contribution in [0.25, 0.3) is 0 Å². The average molecular weight is 237 g/mol. The van der Waals surface area contributed by atoms with Gasteiger partial charge in [0.2, 0.25) is 0 Å². The van der Waals surface area contributed by atoms with Gasteiger partial charge in [0, 0.05) is 0 Å². The molecule has 1 aromatic heterocycles. The SMILES string of the molecule is O=C(O)c1nc(C2CC2)ccc1[As]. The Morgan fingerprint density at radius 1 is 1.54 bits per heavy atom. The molecule has 0 saturated heterocycles. The molecule has 1 aliphatic carbocycles.